The van der Waals surface area contributed by atoms with Gasteiger partial charge in [0.25, 0.3) is 0 Å². The van der Waals surface area contributed by atoms with E-state index in [0.29, 0.717) is 18.4 Å². The Bertz CT molecular complexity index is 764. The Morgan fingerprint density at radius 3 is 2.41 bits per heavy atom. The summed E-state index contributed by atoms with van der Waals surface area (Å²) in [7, 11) is 0. The van der Waals surface area contributed by atoms with E-state index < -0.39 is 11.6 Å². The Balaban J connectivity index is 2.02. The number of amides is 1. The van der Waals surface area contributed by atoms with Crippen LogP contribution in [0.3, 0.4) is 0 Å². The third-order valence-electron chi connectivity index (χ3n) is 3.70. The first-order chi connectivity index (χ1) is 10.6. The van der Waals surface area contributed by atoms with Crippen molar-refractivity contribution in [2.24, 2.45) is 5.10 Å². The molecule has 3 rings (SSSR count). The van der Waals surface area contributed by atoms with Crippen molar-refractivity contribution in [3.05, 3.63) is 59.2 Å². The van der Waals surface area contributed by atoms with E-state index in [9.17, 15) is 13.6 Å². The van der Waals surface area contributed by atoms with Gasteiger partial charge < -0.3 is 0 Å². The van der Waals surface area contributed by atoms with Crippen LogP contribution in [0.15, 0.2) is 41.5 Å². The zero-order chi connectivity index (χ0) is 15.7. The molecule has 112 valence electrons. The van der Waals surface area contributed by atoms with Crippen molar-refractivity contribution in [3.63, 3.8) is 0 Å². The molecule has 0 aromatic heterocycles. The van der Waals surface area contributed by atoms with Gasteiger partial charge in [-0.15, -0.1) is 0 Å². The normalized spacial score (nSPS) is 14.5. The molecule has 0 bridgehead atoms. The number of nitrogens with zero attached hydrogens (tertiary/aromatic N) is 1. The van der Waals surface area contributed by atoms with Crippen molar-refractivity contribution in [1.29, 1.82) is 0 Å². The molecule has 0 atom stereocenters. The molecule has 1 N–H and O–H groups in total. The maximum atomic E-state index is 13.9. The fourth-order valence-electron chi connectivity index (χ4n) is 2.56. The summed E-state index contributed by atoms with van der Waals surface area (Å²) in [5, 5.41) is 4.03. The fourth-order valence-corrected chi connectivity index (χ4v) is 2.56. The van der Waals surface area contributed by atoms with Crippen LogP contribution in [0, 0.1) is 18.6 Å². The van der Waals surface area contributed by atoms with E-state index in [1.165, 1.54) is 18.2 Å². The monoisotopic (exact) mass is 300 g/mol. The minimum atomic E-state index is -0.585. The molecule has 0 unspecified atom stereocenters. The molecule has 5 heteroatoms. The van der Waals surface area contributed by atoms with Crippen LogP contribution in [0.5, 0.6) is 0 Å². The third kappa shape index (κ3) is 2.62. The predicted octanol–water partition coefficient (Wildman–Crippen LogP) is 3.55. The second-order valence-corrected chi connectivity index (χ2v) is 5.22. The van der Waals surface area contributed by atoms with E-state index in [1.807, 2.05) is 6.07 Å². The predicted molar refractivity (Wildman–Crippen MR) is 80.4 cm³/mol. The summed E-state index contributed by atoms with van der Waals surface area (Å²) >= 11 is 0. The lowest BCUT2D eigenvalue weighted by molar-refractivity contribution is -0.121. The number of benzene rings is 2. The topological polar surface area (TPSA) is 41.5 Å². The molecule has 3 nitrogen and oxygen atoms in total. The van der Waals surface area contributed by atoms with E-state index in [2.05, 4.69) is 10.5 Å². The van der Waals surface area contributed by atoms with Gasteiger partial charge in [-0.2, -0.15) is 5.10 Å². The zero-order valence-corrected chi connectivity index (χ0v) is 12.0. The average Bonchev–Trinajstić information content (AvgIpc) is 2.49. The Morgan fingerprint density at radius 1 is 1.09 bits per heavy atom. The number of halogens is 2. The fraction of sp³-hybridized carbons (Fsp3) is 0.176. The van der Waals surface area contributed by atoms with Crippen molar-refractivity contribution < 1.29 is 13.6 Å². The lowest BCUT2D eigenvalue weighted by atomic mass is 9.95. The van der Waals surface area contributed by atoms with Crippen LogP contribution in [0.25, 0.3) is 11.1 Å². The van der Waals surface area contributed by atoms with Crippen molar-refractivity contribution >= 4 is 11.6 Å². The zero-order valence-electron chi connectivity index (χ0n) is 12.0. The molecule has 0 aliphatic carbocycles. The van der Waals surface area contributed by atoms with Crippen molar-refractivity contribution in [3.8, 4) is 11.1 Å². The number of hydrazone groups is 1. The van der Waals surface area contributed by atoms with Gasteiger partial charge in [0.15, 0.2) is 0 Å². The lowest BCUT2D eigenvalue weighted by Gasteiger charge is -2.14. The highest BCUT2D eigenvalue weighted by molar-refractivity contribution is 6.04. The first-order valence-electron chi connectivity index (χ1n) is 6.97. The van der Waals surface area contributed by atoms with Crippen LogP contribution < -0.4 is 5.43 Å². The van der Waals surface area contributed by atoms with Gasteiger partial charge in [-0.25, -0.2) is 14.2 Å². The molecule has 1 amide bonds. The molecule has 0 spiro atoms. The van der Waals surface area contributed by atoms with Crippen molar-refractivity contribution in [2.75, 3.05) is 0 Å². The van der Waals surface area contributed by atoms with E-state index >= 15 is 0 Å². The molecule has 2 aromatic carbocycles. The van der Waals surface area contributed by atoms with E-state index in [-0.39, 0.29) is 11.5 Å². The van der Waals surface area contributed by atoms with Crippen molar-refractivity contribution in [1.82, 2.24) is 5.43 Å². The number of rotatable bonds is 2. The van der Waals surface area contributed by atoms with E-state index in [4.69, 9.17) is 0 Å². The van der Waals surface area contributed by atoms with Crippen LogP contribution in [-0.2, 0) is 4.79 Å². The van der Waals surface area contributed by atoms with Gasteiger partial charge in [-0.1, -0.05) is 18.2 Å². The molecule has 0 fully saturated rings. The van der Waals surface area contributed by atoms with Gasteiger partial charge in [0, 0.05) is 12.8 Å². The van der Waals surface area contributed by atoms with E-state index in [1.54, 1.807) is 19.1 Å². The highest BCUT2D eigenvalue weighted by Gasteiger charge is 2.16. The molecule has 1 aliphatic rings. The molecule has 2 aromatic rings. The second-order valence-electron chi connectivity index (χ2n) is 5.22. The lowest BCUT2D eigenvalue weighted by Crippen LogP contribution is -2.25. The first-order valence-corrected chi connectivity index (χ1v) is 6.97. The Labute approximate surface area is 126 Å². The Kier molecular flexibility index (Phi) is 3.71. The summed E-state index contributed by atoms with van der Waals surface area (Å²) in [6.07, 6.45) is 0.945. The molecular formula is C17H14F2N2O. The molecule has 1 aliphatic heterocycles. The average molecular weight is 300 g/mol. The summed E-state index contributed by atoms with van der Waals surface area (Å²) in [4.78, 5) is 11.1. The Hall–Kier alpha value is -2.56. The SMILES string of the molecule is Cc1cc(C2=NNC(=O)CC2)ccc1-c1c(F)cccc1F. The largest absolute Gasteiger partial charge is 0.273 e. The van der Waals surface area contributed by atoms with Crippen LogP contribution in [0.4, 0.5) is 8.78 Å². The third-order valence-corrected chi connectivity index (χ3v) is 3.70. The number of nitrogens with one attached hydrogen (secondary N) is 1. The van der Waals surface area contributed by atoms with Gasteiger partial charge >= 0.3 is 0 Å². The molecule has 22 heavy (non-hydrogen) atoms. The maximum Gasteiger partial charge on any atom is 0.240 e. The number of hydrogen-bond acceptors (Lipinski definition) is 2. The Morgan fingerprint density at radius 2 is 1.82 bits per heavy atom. The number of hydrogen-bond donors (Lipinski definition) is 1. The second kappa shape index (κ2) is 5.67. The molecule has 0 saturated heterocycles. The summed E-state index contributed by atoms with van der Waals surface area (Å²) in [6.45, 7) is 1.80. The molecule has 0 saturated carbocycles. The standard InChI is InChI=1S/C17H14F2N2O/c1-10-9-11(15-7-8-16(22)21-20-15)5-6-12(10)17-13(18)3-2-4-14(17)19/h2-6,9H,7-8H2,1H3,(H,21,22). The first kappa shape index (κ1) is 14.4. The van der Waals surface area contributed by atoms with Gasteiger partial charge in [0.1, 0.15) is 11.6 Å². The van der Waals surface area contributed by atoms with Crippen LogP contribution in [-0.4, -0.2) is 11.6 Å². The van der Waals surface area contributed by atoms with Crippen molar-refractivity contribution in [2.45, 2.75) is 19.8 Å². The molecule has 1 heterocycles. The van der Waals surface area contributed by atoms with Gasteiger partial charge in [0.2, 0.25) is 5.91 Å². The molecular weight excluding hydrogens is 286 g/mol. The van der Waals surface area contributed by atoms with Crippen LogP contribution in [0.2, 0.25) is 0 Å². The van der Waals surface area contributed by atoms with Crippen LogP contribution >= 0.6 is 0 Å². The minimum absolute atomic E-state index is 0.0227. The summed E-state index contributed by atoms with van der Waals surface area (Å²) in [6, 6.07) is 9.11. The minimum Gasteiger partial charge on any atom is -0.273 e. The number of aryl methyl sites for hydroxylation is 1. The quantitative estimate of drug-likeness (QED) is 0.905. The smallest absolute Gasteiger partial charge is 0.240 e. The maximum absolute atomic E-state index is 13.9. The molecule has 0 radical (unpaired) electrons. The highest BCUT2D eigenvalue weighted by atomic mass is 19.1. The van der Waals surface area contributed by atoms with E-state index in [0.717, 1.165) is 16.8 Å². The van der Waals surface area contributed by atoms with Gasteiger partial charge in [-0.05, 0) is 41.8 Å². The summed E-state index contributed by atoms with van der Waals surface area (Å²) in [5.41, 5.74) is 5.30. The van der Waals surface area contributed by atoms with Crippen LogP contribution in [0.1, 0.15) is 24.0 Å². The number of carbonyl (C=O) groups excluding carboxylic acids is 1. The van der Waals surface area contributed by atoms with Gasteiger partial charge in [-0.3, -0.25) is 4.79 Å². The summed E-state index contributed by atoms with van der Waals surface area (Å²) < 4.78 is 27.8. The van der Waals surface area contributed by atoms with Gasteiger partial charge in [0.05, 0.1) is 11.3 Å². The number of carbonyl (C=O) groups is 1. The highest BCUT2D eigenvalue weighted by Crippen LogP contribution is 2.29. The summed E-state index contributed by atoms with van der Waals surface area (Å²) in [5.74, 6) is -1.28.